The van der Waals surface area contributed by atoms with Crippen molar-refractivity contribution in [2.75, 3.05) is 12.3 Å². The average molecular weight is 317 g/mol. The number of fused-ring (bicyclic) bond motifs is 1. The molecule has 0 aliphatic heterocycles. The number of nitrogens with one attached hydrogen (secondary N) is 1. The molecule has 1 heterocycles. The van der Waals surface area contributed by atoms with Crippen molar-refractivity contribution in [3.8, 4) is 0 Å². The Kier molecular flexibility index (Phi) is 4.85. The van der Waals surface area contributed by atoms with Crippen LogP contribution in [0.25, 0.3) is 10.9 Å². The molecule has 122 valence electrons. The third-order valence-electron chi connectivity index (χ3n) is 3.50. The number of aromatic nitrogens is 1. The molecule has 2 aromatic rings. The number of amides is 3. The van der Waals surface area contributed by atoms with Gasteiger partial charge in [-0.25, -0.2) is 0 Å². The highest BCUT2D eigenvalue weighted by Crippen LogP contribution is 2.29. The number of aryl methyl sites for hydroxylation is 1. The van der Waals surface area contributed by atoms with Crippen LogP contribution in [0, 0.1) is 0 Å². The second-order valence-corrected chi connectivity index (χ2v) is 5.18. The number of primary amides is 2. The number of para-hydroxylation sites is 1. The number of carbonyl (C=O) groups is 3. The van der Waals surface area contributed by atoms with Crippen LogP contribution in [-0.2, 0) is 27.3 Å². The number of rotatable bonds is 7. The second-order valence-electron chi connectivity index (χ2n) is 5.18. The number of hydrogen-bond donors (Lipinski definition) is 4. The molecule has 7 N–H and O–H groups in total. The fourth-order valence-corrected chi connectivity index (χ4v) is 2.46. The summed E-state index contributed by atoms with van der Waals surface area (Å²) in [5, 5.41) is 3.29. The lowest BCUT2D eigenvalue weighted by Gasteiger charge is -2.08. The summed E-state index contributed by atoms with van der Waals surface area (Å²) >= 11 is 0. The SMILES string of the molecule is NC(=O)CCc1c(N)n(CC(=O)NCC(N)=O)c2ccccc12. The smallest absolute Gasteiger partial charge is 0.240 e. The Morgan fingerprint density at radius 2 is 1.78 bits per heavy atom. The predicted molar refractivity (Wildman–Crippen MR) is 86.1 cm³/mol. The average Bonchev–Trinajstić information content (AvgIpc) is 2.76. The standard InChI is InChI=1S/C15H19N5O3/c16-12(21)6-5-10-9-3-1-2-4-11(9)20(15(10)18)8-14(23)19-7-13(17)22/h1-4H,5-8,18H2,(H2,16,21)(H2,17,22)(H,19,23). The fourth-order valence-electron chi connectivity index (χ4n) is 2.46. The molecule has 8 heteroatoms. The Morgan fingerprint density at radius 3 is 2.43 bits per heavy atom. The maximum absolute atomic E-state index is 11.9. The third kappa shape index (κ3) is 3.79. The maximum Gasteiger partial charge on any atom is 0.240 e. The van der Waals surface area contributed by atoms with E-state index < -0.39 is 11.8 Å². The van der Waals surface area contributed by atoms with Gasteiger partial charge in [-0.1, -0.05) is 18.2 Å². The first-order valence-electron chi connectivity index (χ1n) is 7.09. The largest absolute Gasteiger partial charge is 0.385 e. The molecule has 0 fully saturated rings. The Labute approximate surface area is 132 Å². The van der Waals surface area contributed by atoms with E-state index in [-0.39, 0.29) is 25.4 Å². The summed E-state index contributed by atoms with van der Waals surface area (Å²) in [6.07, 6.45) is 0.573. The van der Waals surface area contributed by atoms with Crippen LogP contribution in [0.2, 0.25) is 0 Å². The summed E-state index contributed by atoms with van der Waals surface area (Å²) in [7, 11) is 0. The maximum atomic E-state index is 11.9. The van der Waals surface area contributed by atoms with Gasteiger partial charge in [0.05, 0.1) is 12.1 Å². The lowest BCUT2D eigenvalue weighted by molar-refractivity contribution is -0.125. The van der Waals surface area contributed by atoms with Gasteiger partial charge in [0.15, 0.2) is 0 Å². The Bertz CT molecular complexity index is 766. The van der Waals surface area contributed by atoms with Crippen LogP contribution in [0.5, 0.6) is 0 Å². The summed E-state index contributed by atoms with van der Waals surface area (Å²) in [5.74, 6) is -1.01. The van der Waals surface area contributed by atoms with Crippen LogP contribution in [0.15, 0.2) is 24.3 Å². The van der Waals surface area contributed by atoms with Crippen molar-refractivity contribution >= 4 is 34.4 Å². The van der Waals surface area contributed by atoms with E-state index in [4.69, 9.17) is 17.2 Å². The molecule has 0 atom stereocenters. The van der Waals surface area contributed by atoms with Gasteiger partial charge in [-0.15, -0.1) is 0 Å². The highest BCUT2D eigenvalue weighted by Gasteiger charge is 2.17. The summed E-state index contributed by atoms with van der Waals surface area (Å²) in [5.41, 5.74) is 17.9. The van der Waals surface area contributed by atoms with E-state index in [9.17, 15) is 14.4 Å². The van der Waals surface area contributed by atoms with Gasteiger partial charge in [0.25, 0.3) is 0 Å². The number of benzene rings is 1. The van der Waals surface area contributed by atoms with E-state index in [1.54, 1.807) is 4.57 Å². The van der Waals surface area contributed by atoms with E-state index >= 15 is 0 Å². The monoisotopic (exact) mass is 317 g/mol. The van der Waals surface area contributed by atoms with Gasteiger partial charge in [-0.2, -0.15) is 0 Å². The van der Waals surface area contributed by atoms with Crippen LogP contribution in [0.3, 0.4) is 0 Å². The lowest BCUT2D eigenvalue weighted by atomic mass is 10.1. The molecule has 0 bridgehead atoms. The van der Waals surface area contributed by atoms with Crippen molar-refractivity contribution in [2.24, 2.45) is 11.5 Å². The van der Waals surface area contributed by atoms with Crippen molar-refractivity contribution in [3.63, 3.8) is 0 Å². The minimum absolute atomic E-state index is 0.0454. The molecule has 8 nitrogen and oxygen atoms in total. The number of nitrogens with zero attached hydrogens (tertiary/aromatic N) is 1. The Hall–Kier alpha value is -3.03. The lowest BCUT2D eigenvalue weighted by Crippen LogP contribution is -2.35. The van der Waals surface area contributed by atoms with Gasteiger partial charge >= 0.3 is 0 Å². The van der Waals surface area contributed by atoms with Crippen LogP contribution >= 0.6 is 0 Å². The molecule has 0 aliphatic carbocycles. The minimum Gasteiger partial charge on any atom is -0.385 e. The van der Waals surface area contributed by atoms with Gasteiger partial charge in [0.1, 0.15) is 12.4 Å². The van der Waals surface area contributed by atoms with Crippen molar-refractivity contribution < 1.29 is 14.4 Å². The quantitative estimate of drug-likeness (QED) is 0.531. The van der Waals surface area contributed by atoms with Crippen LogP contribution < -0.4 is 22.5 Å². The van der Waals surface area contributed by atoms with Gasteiger partial charge in [-0.05, 0) is 12.5 Å². The summed E-state index contributed by atoms with van der Waals surface area (Å²) in [6, 6.07) is 7.39. The molecule has 0 aliphatic rings. The van der Waals surface area contributed by atoms with E-state index in [2.05, 4.69) is 5.32 Å². The predicted octanol–water partition coefficient (Wildman–Crippen LogP) is -0.757. The number of hydrogen-bond acceptors (Lipinski definition) is 4. The molecular weight excluding hydrogens is 298 g/mol. The topological polar surface area (TPSA) is 146 Å². The molecule has 0 saturated heterocycles. The van der Waals surface area contributed by atoms with Crippen molar-refractivity contribution in [3.05, 3.63) is 29.8 Å². The van der Waals surface area contributed by atoms with Crippen molar-refractivity contribution in [1.29, 1.82) is 0 Å². The molecule has 3 amide bonds. The fraction of sp³-hybridized carbons (Fsp3) is 0.267. The zero-order chi connectivity index (χ0) is 17.0. The first-order chi connectivity index (χ1) is 10.9. The van der Waals surface area contributed by atoms with Crippen molar-refractivity contribution in [2.45, 2.75) is 19.4 Å². The molecule has 1 aromatic heterocycles. The Balaban J connectivity index is 2.32. The van der Waals surface area contributed by atoms with Gasteiger partial charge in [-0.3, -0.25) is 14.4 Å². The van der Waals surface area contributed by atoms with Crippen LogP contribution in [-0.4, -0.2) is 28.8 Å². The zero-order valence-corrected chi connectivity index (χ0v) is 12.5. The molecule has 1 aromatic carbocycles. The van der Waals surface area contributed by atoms with Crippen LogP contribution in [0.1, 0.15) is 12.0 Å². The summed E-state index contributed by atoms with van der Waals surface area (Å²) < 4.78 is 1.64. The van der Waals surface area contributed by atoms with E-state index in [0.29, 0.717) is 12.2 Å². The highest BCUT2D eigenvalue weighted by atomic mass is 16.2. The molecular formula is C15H19N5O3. The number of carbonyl (C=O) groups excluding carboxylic acids is 3. The third-order valence-corrected chi connectivity index (χ3v) is 3.50. The molecule has 2 rings (SSSR count). The zero-order valence-electron chi connectivity index (χ0n) is 12.5. The molecule has 0 saturated carbocycles. The van der Waals surface area contributed by atoms with Gasteiger partial charge in [0, 0.05) is 17.4 Å². The normalized spacial score (nSPS) is 10.6. The van der Waals surface area contributed by atoms with Gasteiger partial charge < -0.3 is 27.1 Å². The highest BCUT2D eigenvalue weighted by molar-refractivity contribution is 5.92. The first kappa shape index (κ1) is 16.3. The van der Waals surface area contributed by atoms with E-state index in [0.717, 1.165) is 16.5 Å². The van der Waals surface area contributed by atoms with Crippen molar-refractivity contribution in [1.82, 2.24) is 9.88 Å². The molecule has 23 heavy (non-hydrogen) atoms. The molecule has 0 spiro atoms. The minimum atomic E-state index is -0.620. The second kappa shape index (κ2) is 6.82. The summed E-state index contributed by atoms with van der Waals surface area (Å²) in [4.78, 5) is 33.7. The number of nitrogen functional groups attached to an aromatic ring is 1. The number of nitrogens with two attached hydrogens (primary N) is 3. The molecule has 0 radical (unpaired) electrons. The van der Waals surface area contributed by atoms with E-state index in [1.807, 2.05) is 24.3 Å². The first-order valence-corrected chi connectivity index (χ1v) is 7.09. The summed E-state index contributed by atoms with van der Waals surface area (Å²) in [6.45, 7) is -0.275. The van der Waals surface area contributed by atoms with Gasteiger partial charge in [0.2, 0.25) is 17.7 Å². The van der Waals surface area contributed by atoms with E-state index in [1.165, 1.54) is 0 Å². The van der Waals surface area contributed by atoms with Crippen LogP contribution in [0.4, 0.5) is 5.82 Å². The Morgan fingerprint density at radius 1 is 1.09 bits per heavy atom. The number of anilines is 1. The molecule has 0 unspecified atom stereocenters.